The summed E-state index contributed by atoms with van der Waals surface area (Å²) in [5.41, 5.74) is 0.214. The summed E-state index contributed by atoms with van der Waals surface area (Å²) in [6, 6.07) is 1.84. The molecule has 2 rings (SSSR count). The van der Waals surface area contributed by atoms with Crippen LogP contribution in [0.5, 0.6) is 0 Å². The molecule has 1 aliphatic heterocycles. The molecule has 0 spiro atoms. The Morgan fingerprint density at radius 1 is 1.30 bits per heavy atom. The number of likely N-dealkylation sites (tertiary alicyclic amines) is 1. The molecule has 1 aromatic rings. The summed E-state index contributed by atoms with van der Waals surface area (Å²) in [6.45, 7) is 7.04. The third kappa shape index (κ3) is 3.40. The van der Waals surface area contributed by atoms with Crippen LogP contribution >= 0.6 is 0 Å². The first kappa shape index (κ1) is 14.6. The third-order valence-electron chi connectivity index (χ3n) is 3.57. The monoisotopic (exact) mass is 278 g/mol. The molecular formula is C15H22N2O3. The Morgan fingerprint density at radius 2 is 1.95 bits per heavy atom. The molecule has 2 amide bonds. The Kier molecular flexibility index (Phi) is 4.16. The van der Waals surface area contributed by atoms with Gasteiger partial charge < -0.3 is 14.6 Å². The van der Waals surface area contributed by atoms with Gasteiger partial charge in [-0.1, -0.05) is 20.8 Å². The van der Waals surface area contributed by atoms with E-state index in [4.69, 9.17) is 4.42 Å². The Morgan fingerprint density at radius 3 is 2.45 bits per heavy atom. The molecule has 20 heavy (non-hydrogen) atoms. The maximum absolute atomic E-state index is 12.1. The van der Waals surface area contributed by atoms with Crippen LogP contribution in [0.4, 0.5) is 0 Å². The summed E-state index contributed by atoms with van der Waals surface area (Å²) in [7, 11) is 0. The molecular weight excluding hydrogens is 256 g/mol. The van der Waals surface area contributed by atoms with Crippen molar-refractivity contribution in [2.45, 2.75) is 39.7 Å². The summed E-state index contributed by atoms with van der Waals surface area (Å²) >= 11 is 0. The lowest BCUT2D eigenvalue weighted by Gasteiger charge is -2.33. The number of hydrogen-bond acceptors (Lipinski definition) is 3. The molecule has 0 radical (unpaired) electrons. The van der Waals surface area contributed by atoms with Crippen LogP contribution < -0.4 is 5.32 Å². The molecule has 2 heterocycles. The van der Waals surface area contributed by atoms with E-state index in [-0.39, 0.29) is 23.3 Å². The number of hydrogen-bond donors (Lipinski definition) is 1. The van der Waals surface area contributed by atoms with E-state index >= 15 is 0 Å². The molecule has 5 nitrogen and oxygen atoms in total. The fraction of sp³-hybridized carbons (Fsp3) is 0.600. The number of carbonyl (C=O) groups excluding carboxylic acids is 2. The van der Waals surface area contributed by atoms with E-state index in [0.29, 0.717) is 18.7 Å². The Balaban J connectivity index is 1.84. The van der Waals surface area contributed by atoms with Gasteiger partial charge in [0.25, 0.3) is 5.91 Å². The van der Waals surface area contributed by atoms with Gasteiger partial charge in [-0.15, -0.1) is 0 Å². The van der Waals surface area contributed by atoms with Crippen LogP contribution in [0.1, 0.15) is 44.0 Å². The minimum Gasteiger partial charge on any atom is -0.472 e. The Labute approximate surface area is 119 Å². The SMILES string of the molecule is CC(C)(C)C(=O)NC1CCN(C(=O)c2ccoc2)CC1. The van der Waals surface area contributed by atoms with Crippen molar-refractivity contribution in [2.75, 3.05) is 13.1 Å². The molecule has 1 aliphatic rings. The van der Waals surface area contributed by atoms with Gasteiger partial charge in [-0.2, -0.15) is 0 Å². The average molecular weight is 278 g/mol. The minimum absolute atomic E-state index is 0.000604. The minimum atomic E-state index is -0.371. The van der Waals surface area contributed by atoms with Gasteiger partial charge in [0, 0.05) is 24.5 Å². The van der Waals surface area contributed by atoms with Gasteiger partial charge in [0.2, 0.25) is 5.91 Å². The highest BCUT2D eigenvalue weighted by Crippen LogP contribution is 2.17. The number of rotatable bonds is 2. The molecule has 1 N–H and O–H groups in total. The molecule has 110 valence electrons. The summed E-state index contributed by atoms with van der Waals surface area (Å²) in [5, 5.41) is 3.06. The maximum atomic E-state index is 12.1. The van der Waals surface area contributed by atoms with E-state index in [1.54, 1.807) is 6.07 Å². The van der Waals surface area contributed by atoms with Crippen molar-refractivity contribution in [3.05, 3.63) is 24.2 Å². The standard InChI is InChI=1S/C15H22N2O3/c1-15(2,3)14(19)16-12-4-7-17(8-5-12)13(18)11-6-9-20-10-11/h6,9-10,12H,4-5,7-8H2,1-3H3,(H,16,19). The molecule has 1 saturated heterocycles. The van der Waals surface area contributed by atoms with E-state index < -0.39 is 0 Å². The molecule has 0 aromatic carbocycles. The summed E-state index contributed by atoms with van der Waals surface area (Å²) in [6.07, 6.45) is 4.57. The molecule has 1 fully saturated rings. The molecule has 0 unspecified atom stereocenters. The molecule has 0 aliphatic carbocycles. The number of piperidine rings is 1. The van der Waals surface area contributed by atoms with Crippen molar-refractivity contribution in [3.8, 4) is 0 Å². The highest BCUT2D eigenvalue weighted by atomic mass is 16.3. The van der Waals surface area contributed by atoms with Gasteiger partial charge in [-0.3, -0.25) is 9.59 Å². The highest BCUT2D eigenvalue weighted by Gasteiger charge is 2.28. The number of carbonyl (C=O) groups is 2. The lowest BCUT2D eigenvalue weighted by atomic mass is 9.94. The van der Waals surface area contributed by atoms with Gasteiger partial charge in [0.1, 0.15) is 6.26 Å². The summed E-state index contributed by atoms with van der Waals surface area (Å²) in [4.78, 5) is 25.9. The second-order valence-corrected chi connectivity index (χ2v) is 6.30. The second kappa shape index (κ2) is 5.69. The first-order valence-electron chi connectivity index (χ1n) is 7.00. The van der Waals surface area contributed by atoms with E-state index in [0.717, 1.165) is 12.8 Å². The van der Waals surface area contributed by atoms with Crippen LogP contribution in [0, 0.1) is 5.41 Å². The first-order valence-corrected chi connectivity index (χ1v) is 7.00. The zero-order chi connectivity index (χ0) is 14.8. The number of amides is 2. The summed E-state index contributed by atoms with van der Waals surface area (Å²) < 4.78 is 4.93. The smallest absolute Gasteiger partial charge is 0.257 e. The molecule has 1 aromatic heterocycles. The van der Waals surface area contributed by atoms with Crippen LogP contribution in [0.3, 0.4) is 0 Å². The highest BCUT2D eigenvalue weighted by molar-refractivity contribution is 5.93. The van der Waals surface area contributed by atoms with Gasteiger partial charge in [0.15, 0.2) is 0 Å². The number of nitrogens with zero attached hydrogens (tertiary/aromatic N) is 1. The van der Waals surface area contributed by atoms with Crippen molar-refractivity contribution in [2.24, 2.45) is 5.41 Å². The molecule has 5 heteroatoms. The quantitative estimate of drug-likeness (QED) is 0.900. The van der Waals surface area contributed by atoms with Crippen LogP contribution in [0.25, 0.3) is 0 Å². The normalized spacial score (nSPS) is 17.1. The van der Waals surface area contributed by atoms with Crippen LogP contribution in [-0.4, -0.2) is 35.8 Å². The van der Waals surface area contributed by atoms with Crippen LogP contribution in [0.15, 0.2) is 23.0 Å². The van der Waals surface area contributed by atoms with Crippen molar-refractivity contribution >= 4 is 11.8 Å². The van der Waals surface area contributed by atoms with E-state index in [9.17, 15) is 9.59 Å². The van der Waals surface area contributed by atoms with Crippen molar-refractivity contribution in [1.29, 1.82) is 0 Å². The van der Waals surface area contributed by atoms with E-state index in [1.165, 1.54) is 12.5 Å². The second-order valence-electron chi connectivity index (χ2n) is 6.30. The fourth-order valence-electron chi connectivity index (χ4n) is 2.20. The molecule has 0 bridgehead atoms. The van der Waals surface area contributed by atoms with Gasteiger partial charge in [-0.05, 0) is 18.9 Å². The van der Waals surface area contributed by atoms with Crippen molar-refractivity contribution in [1.82, 2.24) is 10.2 Å². The topological polar surface area (TPSA) is 62.6 Å². The largest absolute Gasteiger partial charge is 0.472 e. The van der Waals surface area contributed by atoms with E-state index in [1.807, 2.05) is 25.7 Å². The first-order chi connectivity index (χ1) is 9.38. The van der Waals surface area contributed by atoms with E-state index in [2.05, 4.69) is 5.32 Å². The predicted molar refractivity (Wildman–Crippen MR) is 75.2 cm³/mol. The third-order valence-corrected chi connectivity index (χ3v) is 3.57. The lowest BCUT2D eigenvalue weighted by molar-refractivity contribution is -0.129. The summed E-state index contributed by atoms with van der Waals surface area (Å²) in [5.74, 6) is 0.0662. The van der Waals surface area contributed by atoms with Crippen LogP contribution in [0.2, 0.25) is 0 Å². The van der Waals surface area contributed by atoms with Crippen LogP contribution in [-0.2, 0) is 4.79 Å². The van der Waals surface area contributed by atoms with Crippen molar-refractivity contribution in [3.63, 3.8) is 0 Å². The molecule has 0 saturated carbocycles. The van der Waals surface area contributed by atoms with Crippen molar-refractivity contribution < 1.29 is 14.0 Å². The fourth-order valence-corrected chi connectivity index (χ4v) is 2.20. The average Bonchev–Trinajstić information content (AvgIpc) is 2.91. The van der Waals surface area contributed by atoms with Gasteiger partial charge in [0.05, 0.1) is 11.8 Å². The Hall–Kier alpha value is -1.78. The zero-order valence-electron chi connectivity index (χ0n) is 12.3. The Bertz CT molecular complexity index is 466. The lowest BCUT2D eigenvalue weighted by Crippen LogP contribution is -2.48. The predicted octanol–water partition coefficient (Wildman–Crippen LogP) is 2.05. The van der Waals surface area contributed by atoms with Gasteiger partial charge >= 0.3 is 0 Å². The molecule has 0 atom stereocenters. The maximum Gasteiger partial charge on any atom is 0.257 e. The number of furan rings is 1. The zero-order valence-corrected chi connectivity index (χ0v) is 12.3. The van der Waals surface area contributed by atoms with Gasteiger partial charge in [-0.25, -0.2) is 0 Å². The number of nitrogens with one attached hydrogen (secondary N) is 1.